The Morgan fingerprint density at radius 3 is 2.42 bits per heavy atom. The fourth-order valence-corrected chi connectivity index (χ4v) is 0.683. The van der Waals surface area contributed by atoms with Gasteiger partial charge < -0.3 is 10.8 Å². The fourth-order valence-electron chi connectivity index (χ4n) is 0.683. The lowest BCUT2D eigenvalue weighted by molar-refractivity contribution is -0.137. The van der Waals surface area contributed by atoms with Crippen molar-refractivity contribution >= 4 is 11.9 Å². The van der Waals surface area contributed by atoms with Gasteiger partial charge in [-0.05, 0) is 14.0 Å². The zero-order chi connectivity index (χ0) is 9.72. The lowest BCUT2D eigenvalue weighted by atomic mass is 10.2. The number of primary amides is 1. The van der Waals surface area contributed by atoms with Crippen LogP contribution in [0.1, 0.15) is 13.3 Å². The first-order valence-corrected chi connectivity index (χ1v) is 3.66. The Morgan fingerprint density at radius 1 is 1.58 bits per heavy atom. The third-order valence-corrected chi connectivity index (χ3v) is 1.75. The molecule has 0 saturated heterocycles. The molecule has 0 spiro atoms. The zero-order valence-electron chi connectivity index (χ0n) is 7.28. The fraction of sp³-hybridized carbons (Fsp3) is 0.714. The lowest BCUT2D eigenvalue weighted by Gasteiger charge is -2.20. The molecule has 0 saturated carbocycles. The maximum Gasteiger partial charge on any atom is 0.304 e. The highest BCUT2D eigenvalue weighted by molar-refractivity contribution is 5.79. The molecule has 0 heterocycles. The molecule has 1 atom stereocenters. The molecule has 1 amide bonds. The molecular formula is C7H14N2O3. The number of amides is 1. The second-order valence-electron chi connectivity index (χ2n) is 2.70. The van der Waals surface area contributed by atoms with Crippen molar-refractivity contribution in [3.8, 4) is 0 Å². The van der Waals surface area contributed by atoms with Gasteiger partial charge in [-0.1, -0.05) is 0 Å². The molecule has 3 N–H and O–H groups in total. The first kappa shape index (κ1) is 10.9. The van der Waals surface area contributed by atoms with E-state index >= 15 is 0 Å². The lowest BCUT2D eigenvalue weighted by Crippen LogP contribution is -2.41. The van der Waals surface area contributed by atoms with Crippen LogP contribution in [0.15, 0.2) is 0 Å². The van der Waals surface area contributed by atoms with Crippen LogP contribution in [0.3, 0.4) is 0 Å². The molecule has 0 aromatic carbocycles. The van der Waals surface area contributed by atoms with E-state index in [-0.39, 0.29) is 6.42 Å². The van der Waals surface area contributed by atoms with Crippen molar-refractivity contribution in [1.29, 1.82) is 0 Å². The van der Waals surface area contributed by atoms with Gasteiger partial charge in [-0.2, -0.15) is 0 Å². The molecule has 0 aliphatic heterocycles. The van der Waals surface area contributed by atoms with Crippen LogP contribution in [0.25, 0.3) is 0 Å². The van der Waals surface area contributed by atoms with E-state index in [1.54, 1.807) is 18.9 Å². The Kier molecular flexibility index (Phi) is 4.28. The first-order chi connectivity index (χ1) is 5.45. The van der Waals surface area contributed by atoms with Crippen molar-refractivity contribution < 1.29 is 14.7 Å². The van der Waals surface area contributed by atoms with E-state index in [4.69, 9.17) is 10.8 Å². The minimum atomic E-state index is -0.876. The average Bonchev–Trinajstić information content (AvgIpc) is 1.98. The SMILES string of the molecule is CC(C(N)=O)N(C)CCC(=O)O. The third-order valence-electron chi connectivity index (χ3n) is 1.75. The highest BCUT2D eigenvalue weighted by atomic mass is 16.4. The minimum Gasteiger partial charge on any atom is -0.481 e. The second-order valence-corrected chi connectivity index (χ2v) is 2.70. The standard InChI is InChI=1S/C7H14N2O3/c1-5(7(8)12)9(2)4-3-6(10)11/h5H,3-4H2,1-2H3,(H2,8,12)(H,10,11). The predicted octanol–water partition coefficient (Wildman–Crippen LogP) is -0.733. The number of aliphatic carboxylic acids is 1. The van der Waals surface area contributed by atoms with Crippen molar-refractivity contribution in [3.05, 3.63) is 0 Å². The quantitative estimate of drug-likeness (QED) is 0.575. The van der Waals surface area contributed by atoms with Crippen LogP contribution in [0.2, 0.25) is 0 Å². The number of carbonyl (C=O) groups excluding carboxylic acids is 1. The Bertz CT molecular complexity index is 181. The Balaban J connectivity index is 3.79. The van der Waals surface area contributed by atoms with E-state index < -0.39 is 17.9 Å². The van der Waals surface area contributed by atoms with Crippen LogP contribution in [-0.4, -0.2) is 41.5 Å². The number of rotatable bonds is 5. The van der Waals surface area contributed by atoms with Gasteiger partial charge in [0.05, 0.1) is 12.5 Å². The van der Waals surface area contributed by atoms with Crippen molar-refractivity contribution in [2.75, 3.05) is 13.6 Å². The molecule has 5 heteroatoms. The van der Waals surface area contributed by atoms with Gasteiger partial charge in [-0.3, -0.25) is 14.5 Å². The van der Waals surface area contributed by atoms with Crippen LogP contribution >= 0.6 is 0 Å². The summed E-state index contributed by atoms with van der Waals surface area (Å²) in [6.45, 7) is 1.98. The molecule has 0 bridgehead atoms. The van der Waals surface area contributed by atoms with E-state index in [0.717, 1.165) is 0 Å². The van der Waals surface area contributed by atoms with Gasteiger partial charge in [0.15, 0.2) is 0 Å². The monoisotopic (exact) mass is 174 g/mol. The molecule has 5 nitrogen and oxygen atoms in total. The molecule has 0 rings (SSSR count). The predicted molar refractivity (Wildman–Crippen MR) is 43.5 cm³/mol. The Hall–Kier alpha value is -1.10. The van der Waals surface area contributed by atoms with Gasteiger partial charge in [-0.15, -0.1) is 0 Å². The zero-order valence-corrected chi connectivity index (χ0v) is 7.28. The maximum absolute atomic E-state index is 10.6. The van der Waals surface area contributed by atoms with Gasteiger partial charge in [0, 0.05) is 6.54 Å². The average molecular weight is 174 g/mol. The van der Waals surface area contributed by atoms with Gasteiger partial charge in [0.25, 0.3) is 0 Å². The number of carboxylic acid groups (broad SMARTS) is 1. The normalized spacial score (nSPS) is 12.9. The molecule has 70 valence electrons. The number of nitrogens with zero attached hydrogens (tertiary/aromatic N) is 1. The van der Waals surface area contributed by atoms with Gasteiger partial charge >= 0.3 is 5.97 Å². The van der Waals surface area contributed by atoms with E-state index in [1.165, 1.54) is 0 Å². The minimum absolute atomic E-state index is 0.0219. The van der Waals surface area contributed by atoms with E-state index in [1.807, 2.05) is 0 Å². The van der Waals surface area contributed by atoms with Gasteiger partial charge in [0.1, 0.15) is 0 Å². The summed E-state index contributed by atoms with van der Waals surface area (Å²) in [6.07, 6.45) is 0.0219. The van der Waals surface area contributed by atoms with Crippen LogP contribution in [0.5, 0.6) is 0 Å². The Labute approximate surface area is 71.1 Å². The molecule has 12 heavy (non-hydrogen) atoms. The first-order valence-electron chi connectivity index (χ1n) is 3.66. The largest absolute Gasteiger partial charge is 0.481 e. The summed E-state index contributed by atoms with van der Waals surface area (Å²) in [5.41, 5.74) is 5.02. The molecule has 0 aromatic heterocycles. The number of likely N-dealkylation sites (N-methyl/N-ethyl adjacent to an activating group) is 1. The van der Waals surface area contributed by atoms with Gasteiger partial charge in [0.2, 0.25) is 5.91 Å². The van der Waals surface area contributed by atoms with Crippen molar-refractivity contribution in [1.82, 2.24) is 4.90 Å². The summed E-state index contributed by atoms with van der Waals surface area (Å²) in [4.78, 5) is 22.4. The van der Waals surface area contributed by atoms with Crippen LogP contribution in [0, 0.1) is 0 Å². The molecule has 0 aliphatic carbocycles. The number of nitrogens with two attached hydrogens (primary N) is 1. The summed E-state index contributed by atoms with van der Waals surface area (Å²) >= 11 is 0. The molecular weight excluding hydrogens is 160 g/mol. The molecule has 1 unspecified atom stereocenters. The van der Waals surface area contributed by atoms with Crippen molar-refractivity contribution in [3.63, 3.8) is 0 Å². The topological polar surface area (TPSA) is 83.6 Å². The summed E-state index contributed by atoms with van der Waals surface area (Å²) in [7, 11) is 1.67. The number of hydrogen-bond acceptors (Lipinski definition) is 3. The van der Waals surface area contributed by atoms with E-state index in [0.29, 0.717) is 6.54 Å². The number of hydrogen-bond donors (Lipinski definition) is 2. The second kappa shape index (κ2) is 4.71. The molecule has 0 aromatic rings. The molecule has 0 radical (unpaired) electrons. The number of carboxylic acids is 1. The summed E-state index contributed by atoms with van der Waals surface area (Å²) in [5, 5.41) is 8.34. The van der Waals surface area contributed by atoms with Crippen LogP contribution < -0.4 is 5.73 Å². The highest BCUT2D eigenvalue weighted by Gasteiger charge is 2.14. The smallest absolute Gasteiger partial charge is 0.304 e. The van der Waals surface area contributed by atoms with E-state index in [2.05, 4.69) is 0 Å². The van der Waals surface area contributed by atoms with Crippen molar-refractivity contribution in [2.45, 2.75) is 19.4 Å². The Morgan fingerprint density at radius 2 is 2.08 bits per heavy atom. The molecule has 0 aliphatic rings. The van der Waals surface area contributed by atoms with Crippen LogP contribution in [-0.2, 0) is 9.59 Å². The summed E-state index contributed by atoms with van der Waals surface area (Å²) in [5.74, 6) is -1.32. The number of carbonyl (C=O) groups is 2. The van der Waals surface area contributed by atoms with E-state index in [9.17, 15) is 9.59 Å². The third kappa shape index (κ3) is 3.92. The van der Waals surface area contributed by atoms with Crippen molar-refractivity contribution in [2.24, 2.45) is 5.73 Å². The summed E-state index contributed by atoms with van der Waals surface area (Å²) < 4.78 is 0. The van der Waals surface area contributed by atoms with Crippen LogP contribution in [0.4, 0.5) is 0 Å². The molecule has 0 fully saturated rings. The highest BCUT2D eigenvalue weighted by Crippen LogP contribution is 1.95. The van der Waals surface area contributed by atoms with Gasteiger partial charge in [-0.25, -0.2) is 0 Å². The maximum atomic E-state index is 10.6. The summed E-state index contributed by atoms with van der Waals surface area (Å²) in [6, 6.07) is -0.413.